The molecule has 0 saturated heterocycles. The Morgan fingerprint density at radius 3 is 2.77 bits per heavy atom. The molecule has 0 heterocycles. The molecule has 124 valence electrons. The van der Waals surface area contributed by atoms with Crippen molar-refractivity contribution < 1.29 is 5.11 Å². The fraction of sp³-hybridized carbons (Fsp3) is 0.905. The third-order valence-electron chi connectivity index (χ3n) is 8.72. The topological polar surface area (TPSA) is 20.2 Å². The van der Waals surface area contributed by atoms with Gasteiger partial charge in [0.05, 0.1) is 6.61 Å². The molecule has 0 aromatic rings. The van der Waals surface area contributed by atoms with Crippen LogP contribution in [0.1, 0.15) is 78.1 Å². The minimum Gasteiger partial charge on any atom is -0.395 e. The molecule has 3 saturated carbocycles. The van der Waals surface area contributed by atoms with Gasteiger partial charge in [0.15, 0.2) is 0 Å². The summed E-state index contributed by atoms with van der Waals surface area (Å²) in [7, 11) is 0. The van der Waals surface area contributed by atoms with E-state index in [4.69, 9.17) is 0 Å². The number of hydrogen-bond donors (Lipinski definition) is 1. The Hall–Kier alpha value is -0.300. The molecule has 1 N–H and O–H groups in total. The lowest BCUT2D eigenvalue weighted by Gasteiger charge is -2.58. The summed E-state index contributed by atoms with van der Waals surface area (Å²) in [5.74, 6) is 3.60. The molecule has 1 heteroatoms. The van der Waals surface area contributed by atoms with Gasteiger partial charge in [-0.15, -0.1) is 0 Å². The van der Waals surface area contributed by atoms with E-state index in [9.17, 15) is 5.11 Å². The highest BCUT2D eigenvalue weighted by molar-refractivity contribution is 5.25. The molecule has 0 radical (unpaired) electrons. The van der Waals surface area contributed by atoms with Gasteiger partial charge in [0.25, 0.3) is 0 Å². The maximum Gasteiger partial charge on any atom is 0.0527 e. The van der Waals surface area contributed by atoms with Gasteiger partial charge in [0.2, 0.25) is 0 Å². The lowest BCUT2D eigenvalue weighted by molar-refractivity contribution is -0.0748. The standard InChI is InChI=1S/C21H34O/c1-3-15-8-10-18-17-9-7-16-6-4-5-12-21(16,14-22)19(17)11-13-20(15,18)2/h6,15,17-19,22H,3-5,7-14H2,1-2H3/t15-,17-,18-,19-,20+,21+/m0/s1. The Bertz CT molecular complexity index is 467. The van der Waals surface area contributed by atoms with E-state index in [2.05, 4.69) is 19.9 Å². The predicted molar refractivity (Wildman–Crippen MR) is 91.5 cm³/mol. The maximum absolute atomic E-state index is 10.4. The molecule has 0 spiro atoms. The lowest BCUT2D eigenvalue weighted by Crippen LogP contribution is -2.52. The summed E-state index contributed by atoms with van der Waals surface area (Å²) in [6.45, 7) is 5.44. The third-order valence-corrected chi connectivity index (χ3v) is 8.72. The Morgan fingerprint density at radius 1 is 1.14 bits per heavy atom. The van der Waals surface area contributed by atoms with E-state index in [-0.39, 0.29) is 5.41 Å². The monoisotopic (exact) mass is 302 g/mol. The lowest BCUT2D eigenvalue weighted by atomic mass is 9.46. The van der Waals surface area contributed by atoms with Crippen molar-refractivity contribution in [3.8, 4) is 0 Å². The van der Waals surface area contributed by atoms with Crippen molar-refractivity contribution in [3.63, 3.8) is 0 Å². The smallest absolute Gasteiger partial charge is 0.0527 e. The predicted octanol–water partition coefficient (Wildman–Crippen LogP) is 5.34. The summed E-state index contributed by atoms with van der Waals surface area (Å²) in [4.78, 5) is 0. The first-order chi connectivity index (χ1) is 10.7. The van der Waals surface area contributed by atoms with E-state index in [0.29, 0.717) is 12.0 Å². The fourth-order valence-corrected chi connectivity index (χ4v) is 7.61. The molecular weight excluding hydrogens is 268 g/mol. The zero-order valence-electron chi connectivity index (χ0n) is 14.6. The Morgan fingerprint density at radius 2 is 2.00 bits per heavy atom. The van der Waals surface area contributed by atoms with Crippen molar-refractivity contribution >= 4 is 0 Å². The van der Waals surface area contributed by atoms with E-state index < -0.39 is 0 Å². The Balaban J connectivity index is 1.68. The summed E-state index contributed by atoms with van der Waals surface area (Å²) in [6, 6.07) is 0. The van der Waals surface area contributed by atoms with Gasteiger partial charge in [-0.3, -0.25) is 0 Å². The highest BCUT2D eigenvalue weighted by Gasteiger charge is 2.59. The van der Waals surface area contributed by atoms with Crippen LogP contribution >= 0.6 is 0 Å². The molecule has 6 atom stereocenters. The second kappa shape index (κ2) is 5.36. The van der Waals surface area contributed by atoms with Gasteiger partial charge < -0.3 is 5.11 Å². The van der Waals surface area contributed by atoms with Crippen molar-refractivity contribution in [2.75, 3.05) is 6.61 Å². The second-order valence-electron chi connectivity index (χ2n) is 9.08. The van der Waals surface area contributed by atoms with E-state index in [1.807, 2.05) is 0 Å². The summed E-state index contributed by atoms with van der Waals surface area (Å²) in [5.41, 5.74) is 2.45. The van der Waals surface area contributed by atoms with Gasteiger partial charge >= 0.3 is 0 Å². The third kappa shape index (κ3) is 1.87. The molecule has 4 rings (SSSR count). The van der Waals surface area contributed by atoms with Crippen molar-refractivity contribution in [1.82, 2.24) is 0 Å². The highest BCUT2D eigenvalue weighted by Crippen LogP contribution is 2.67. The number of rotatable bonds is 2. The fourth-order valence-electron chi connectivity index (χ4n) is 7.61. The molecule has 0 aliphatic heterocycles. The summed E-state index contributed by atoms with van der Waals surface area (Å²) in [6.07, 6.45) is 16.1. The summed E-state index contributed by atoms with van der Waals surface area (Å²) >= 11 is 0. The Labute approximate surface area is 136 Å². The Kier molecular flexibility index (Phi) is 3.72. The van der Waals surface area contributed by atoms with Crippen LogP contribution in [0.5, 0.6) is 0 Å². The summed E-state index contributed by atoms with van der Waals surface area (Å²) < 4.78 is 0. The van der Waals surface area contributed by atoms with Crippen LogP contribution in [-0.2, 0) is 0 Å². The van der Waals surface area contributed by atoms with Crippen LogP contribution in [0.25, 0.3) is 0 Å². The minimum absolute atomic E-state index is 0.187. The van der Waals surface area contributed by atoms with Gasteiger partial charge in [-0.2, -0.15) is 0 Å². The van der Waals surface area contributed by atoms with Crippen LogP contribution in [0.2, 0.25) is 0 Å². The number of hydrogen-bond acceptors (Lipinski definition) is 1. The van der Waals surface area contributed by atoms with Gasteiger partial charge in [0.1, 0.15) is 0 Å². The first-order valence-electron chi connectivity index (χ1n) is 9.96. The van der Waals surface area contributed by atoms with Crippen molar-refractivity contribution in [2.45, 2.75) is 78.1 Å². The molecule has 3 fully saturated rings. The van der Waals surface area contributed by atoms with E-state index in [1.54, 1.807) is 5.57 Å². The van der Waals surface area contributed by atoms with Crippen LogP contribution in [0.3, 0.4) is 0 Å². The minimum atomic E-state index is 0.187. The van der Waals surface area contributed by atoms with Crippen molar-refractivity contribution in [3.05, 3.63) is 11.6 Å². The maximum atomic E-state index is 10.4. The van der Waals surface area contributed by atoms with E-state index in [0.717, 1.165) is 23.7 Å². The molecular formula is C21H34O. The van der Waals surface area contributed by atoms with Crippen LogP contribution < -0.4 is 0 Å². The largest absolute Gasteiger partial charge is 0.395 e. The van der Waals surface area contributed by atoms with Crippen molar-refractivity contribution in [1.29, 1.82) is 0 Å². The van der Waals surface area contributed by atoms with Crippen LogP contribution in [0.15, 0.2) is 11.6 Å². The molecule has 0 bridgehead atoms. The molecule has 22 heavy (non-hydrogen) atoms. The van der Waals surface area contributed by atoms with Crippen LogP contribution in [0, 0.1) is 34.5 Å². The van der Waals surface area contributed by atoms with Crippen LogP contribution in [0.4, 0.5) is 0 Å². The average molecular weight is 303 g/mol. The van der Waals surface area contributed by atoms with Gasteiger partial charge in [0, 0.05) is 5.41 Å². The SMILES string of the molecule is CC[C@H]1CC[C@H]2[C@@H]3CCC4=CCCC[C@]4(CO)[C@H]3CC[C@]12C. The van der Waals surface area contributed by atoms with E-state index >= 15 is 0 Å². The zero-order chi connectivity index (χ0) is 15.4. The van der Waals surface area contributed by atoms with Gasteiger partial charge in [-0.1, -0.05) is 31.9 Å². The molecule has 4 aliphatic carbocycles. The molecule has 4 aliphatic rings. The summed E-state index contributed by atoms with van der Waals surface area (Å²) in [5, 5.41) is 10.4. The number of fused-ring (bicyclic) bond motifs is 5. The first-order valence-corrected chi connectivity index (χ1v) is 9.96. The first kappa shape index (κ1) is 15.2. The van der Waals surface area contributed by atoms with Crippen LogP contribution in [-0.4, -0.2) is 11.7 Å². The van der Waals surface area contributed by atoms with Gasteiger partial charge in [-0.25, -0.2) is 0 Å². The number of allylic oxidation sites excluding steroid dienone is 1. The molecule has 0 aromatic carbocycles. The molecule has 0 unspecified atom stereocenters. The van der Waals surface area contributed by atoms with Gasteiger partial charge in [-0.05, 0) is 86.9 Å². The van der Waals surface area contributed by atoms with Crippen molar-refractivity contribution in [2.24, 2.45) is 34.5 Å². The normalized spacial score (nSPS) is 50.8. The molecule has 0 amide bonds. The highest BCUT2D eigenvalue weighted by atomic mass is 16.3. The number of aliphatic hydroxyl groups is 1. The molecule has 1 nitrogen and oxygen atoms in total. The average Bonchev–Trinajstić information content (AvgIpc) is 2.90. The zero-order valence-corrected chi connectivity index (χ0v) is 14.6. The quantitative estimate of drug-likeness (QED) is 0.683. The van der Waals surface area contributed by atoms with E-state index in [1.165, 1.54) is 64.2 Å². The molecule has 0 aromatic heterocycles. The number of aliphatic hydroxyl groups excluding tert-OH is 1. The second-order valence-corrected chi connectivity index (χ2v) is 9.08.